The van der Waals surface area contributed by atoms with Gasteiger partial charge in [0.1, 0.15) is 22.5 Å². The molecule has 1 fully saturated rings. The Balaban J connectivity index is 1.62. The maximum absolute atomic E-state index is 12.8. The lowest BCUT2D eigenvalue weighted by Gasteiger charge is -2.41. The summed E-state index contributed by atoms with van der Waals surface area (Å²) in [6.45, 7) is 7.79. The summed E-state index contributed by atoms with van der Waals surface area (Å²) in [6, 6.07) is 4.35. The van der Waals surface area contributed by atoms with E-state index in [4.69, 9.17) is 49.0 Å². The average Bonchev–Trinajstić information content (AvgIpc) is 3.22. The van der Waals surface area contributed by atoms with E-state index < -0.39 is 51.3 Å². The van der Waals surface area contributed by atoms with Crippen LogP contribution < -0.4 is 0 Å². The van der Waals surface area contributed by atoms with Gasteiger partial charge in [0.05, 0.1) is 10.2 Å². The van der Waals surface area contributed by atoms with E-state index in [2.05, 4.69) is 4.98 Å². The van der Waals surface area contributed by atoms with Crippen molar-refractivity contribution in [3.05, 3.63) is 23.2 Å². The summed E-state index contributed by atoms with van der Waals surface area (Å²) in [5.41, 5.74) is -0.0877. The van der Waals surface area contributed by atoms with E-state index in [0.717, 1.165) is 9.60 Å². The van der Waals surface area contributed by atoms with Gasteiger partial charge in [-0.2, -0.15) is 0 Å². The summed E-state index contributed by atoms with van der Waals surface area (Å²) in [6.07, 6.45) is -1.70. The zero-order valence-corrected chi connectivity index (χ0v) is 25.7. The molecular weight excluding hydrogens is 619 g/mol. The number of nitrogens with zero attached hydrogens (tertiary/aromatic N) is 2. The van der Waals surface area contributed by atoms with Crippen LogP contribution in [-0.2, 0) is 28.6 Å². The second kappa shape index (κ2) is 12.4. The number of benzene rings is 1. The summed E-state index contributed by atoms with van der Waals surface area (Å²) in [4.78, 5) is 56.0. The first-order chi connectivity index (χ1) is 17.6. The molecule has 3 atom stereocenters. The molecule has 208 valence electrons. The summed E-state index contributed by atoms with van der Waals surface area (Å²) in [5, 5.41) is 0.101. The van der Waals surface area contributed by atoms with Crippen molar-refractivity contribution in [2.24, 2.45) is 0 Å². The number of carbonyl (C=O) groups is 4. The third-order valence-electron chi connectivity index (χ3n) is 4.87. The van der Waals surface area contributed by atoms with E-state index in [-0.39, 0.29) is 12.5 Å². The lowest BCUT2D eigenvalue weighted by molar-refractivity contribution is -0.170. The Hall–Kier alpha value is -1.44. The molecule has 38 heavy (non-hydrogen) atoms. The smallest absolute Gasteiger partial charge is 0.458 e. The number of ether oxygens (including phenoxy) is 3. The molecule has 1 saturated heterocycles. The Bertz CT molecular complexity index is 1230. The van der Waals surface area contributed by atoms with Gasteiger partial charge in [-0.3, -0.25) is 9.59 Å². The Morgan fingerprint density at radius 3 is 2.50 bits per heavy atom. The molecule has 0 spiro atoms. The Labute approximate surface area is 246 Å². The Kier molecular flexibility index (Phi) is 10.1. The standard InChI is InChI=1S/C23H25Cl3N2O7S3/c1-11(29)17(20(31)35-22(3,4)5)28-9-15(19(28)30)38-37-14-8-6-7-13-16(14)27-18(36-13)12(2)34-21(32)33-10-23(24,25)26/h6-8,12,15,17H,9-10H2,1-5H3/t12-,15+,17?/m1/s1. The number of hydrogen-bond donors (Lipinski definition) is 0. The Morgan fingerprint density at radius 1 is 1.24 bits per heavy atom. The van der Waals surface area contributed by atoms with Gasteiger partial charge < -0.3 is 19.1 Å². The number of fused-ring (bicyclic) bond motifs is 1. The molecule has 0 saturated carbocycles. The maximum Gasteiger partial charge on any atom is 0.509 e. The van der Waals surface area contributed by atoms with E-state index >= 15 is 0 Å². The number of aromatic nitrogens is 1. The third kappa shape index (κ3) is 8.28. The molecule has 1 aromatic heterocycles. The molecule has 3 rings (SSSR count). The molecule has 1 unspecified atom stereocenters. The molecular formula is C23H25Cl3N2O7S3. The number of Topliss-reactive ketones (excluding diaryl/α,β-unsaturated/α-hetero) is 1. The van der Waals surface area contributed by atoms with Crippen LogP contribution in [0.5, 0.6) is 0 Å². The number of halogens is 3. The molecule has 1 aromatic carbocycles. The molecule has 1 aliphatic heterocycles. The monoisotopic (exact) mass is 642 g/mol. The quantitative estimate of drug-likeness (QED) is 0.104. The first-order valence-corrected chi connectivity index (χ1v) is 15.4. The highest BCUT2D eigenvalue weighted by Gasteiger charge is 2.47. The number of β-lactam (4-membered cyclic amide) rings is 1. The minimum Gasteiger partial charge on any atom is -0.458 e. The number of likely N-dealkylation sites (tertiary alicyclic amines) is 1. The van der Waals surface area contributed by atoms with E-state index in [9.17, 15) is 19.2 Å². The lowest BCUT2D eigenvalue weighted by Crippen LogP contribution is -2.63. The van der Waals surface area contributed by atoms with Crippen molar-refractivity contribution in [3.63, 3.8) is 0 Å². The zero-order valence-electron chi connectivity index (χ0n) is 21.0. The molecule has 0 bridgehead atoms. The number of amides is 1. The van der Waals surface area contributed by atoms with E-state index in [1.165, 1.54) is 44.7 Å². The molecule has 15 heteroatoms. The van der Waals surface area contributed by atoms with Gasteiger partial charge in [0.25, 0.3) is 0 Å². The van der Waals surface area contributed by atoms with Crippen LogP contribution in [0.3, 0.4) is 0 Å². The van der Waals surface area contributed by atoms with Gasteiger partial charge in [0.2, 0.25) is 9.70 Å². The molecule has 2 aromatic rings. The number of hydrogen-bond acceptors (Lipinski definition) is 11. The number of para-hydroxylation sites is 1. The first kappa shape index (κ1) is 31.1. The highest BCUT2D eigenvalue weighted by atomic mass is 35.6. The van der Waals surface area contributed by atoms with Crippen LogP contribution in [-0.4, -0.2) is 67.5 Å². The van der Waals surface area contributed by atoms with Crippen molar-refractivity contribution in [1.29, 1.82) is 0 Å². The summed E-state index contributed by atoms with van der Waals surface area (Å²) >= 11 is 18.1. The molecule has 1 amide bonds. The second-order valence-corrected chi connectivity index (χ2v) is 15.3. The van der Waals surface area contributed by atoms with Crippen molar-refractivity contribution in [3.8, 4) is 0 Å². The number of carbonyl (C=O) groups excluding carboxylic acids is 4. The number of thiazole rings is 1. The van der Waals surface area contributed by atoms with Gasteiger partial charge in [0.15, 0.2) is 17.9 Å². The van der Waals surface area contributed by atoms with Crippen LogP contribution in [0.2, 0.25) is 0 Å². The van der Waals surface area contributed by atoms with E-state index in [1.807, 2.05) is 18.2 Å². The third-order valence-corrected chi connectivity index (χ3v) is 9.10. The topological polar surface area (TPSA) is 112 Å². The van der Waals surface area contributed by atoms with Crippen LogP contribution in [0.1, 0.15) is 45.7 Å². The predicted molar refractivity (Wildman–Crippen MR) is 150 cm³/mol. The van der Waals surface area contributed by atoms with Crippen LogP contribution in [0.15, 0.2) is 23.1 Å². The molecule has 9 nitrogen and oxygen atoms in total. The maximum atomic E-state index is 12.8. The van der Waals surface area contributed by atoms with Gasteiger partial charge in [-0.15, -0.1) is 11.3 Å². The predicted octanol–water partition coefficient (Wildman–Crippen LogP) is 6.13. The zero-order chi connectivity index (χ0) is 28.4. The lowest BCUT2D eigenvalue weighted by atomic mass is 10.1. The minimum atomic E-state index is -1.75. The van der Waals surface area contributed by atoms with Gasteiger partial charge in [0, 0.05) is 11.4 Å². The van der Waals surface area contributed by atoms with Gasteiger partial charge >= 0.3 is 12.1 Å². The first-order valence-electron chi connectivity index (χ1n) is 11.2. The molecule has 0 radical (unpaired) electrons. The minimum absolute atomic E-state index is 0.236. The van der Waals surface area contributed by atoms with Crippen molar-refractivity contribution < 1.29 is 33.4 Å². The molecule has 0 N–H and O–H groups in total. The summed E-state index contributed by atoms with van der Waals surface area (Å²) in [5.74, 6) is -1.49. The molecule has 0 aliphatic carbocycles. The van der Waals surface area contributed by atoms with Gasteiger partial charge in [-0.05, 0) is 46.8 Å². The van der Waals surface area contributed by atoms with Crippen molar-refractivity contribution in [2.75, 3.05) is 13.2 Å². The SMILES string of the molecule is CC(=O)C(C(=O)OC(C)(C)C)N1C[C@H](SSc2cccc3sc([C@@H](C)OC(=O)OCC(Cl)(Cl)Cl)nc23)C1=O. The highest BCUT2D eigenvalue weighted by Crippen LogP contribution is 2.43. The largest absolute Gasteiger partial charge is 0.509 e. The average molecular weight is 644 g/mol. The molecule has 2 heterocycles. The van der Waals surface area contributed by atoms with Crippen LogP contribution in [0.4, 0.5) is 4.79 Å². The number of rotatable bonds is 9. The van der Waals surface area contributed by atoms with Crippen LogP contribution in [0, 0.1) is 0 Å². The fourth-order valence-electron chi connectivity index (χ4n) is 3.25. The number of esters is 1. The molecule has 1 aliphatic rings. The highest BCUT2D eigenvalue weighted by molar-refractivity contribution is 8.77. The van der Waals surface area contributed by atoms with Crippen molar-refractivity contribution in [2.45, 2.75) is 66.3 Å². The number of alkyl halides is 3. The fourth-order valence-corrected chi connectivity index (χ4v) is 6.98. The van der Waals surface area contributed by atoms with Crippen molar-refractivity contribution in [1.82, 2.24) is 9.88 Å². The van der Waals surface area contributed by atoms with Crippen LogP contribution >= 0.6 is 67.7 Å². The normalized spacial score (nSPS) is 17.5. The van der Waals surface area contributed by atoms with Crippen LogP contribution in [0.25, 0.3) is 10.2 Å². The van der Waals surface area contributed by atoms with Gasteiger partial charge in [-0.25, -0.2) is 14.6 Å². The summed E-state index contributed by atoms with van der Waals surface area (Å²) < 4.78 is 14.5. The van der Waals surface area contributed by atoms with Crippen molar-refractivity contribution >= 4 is 102 Å². The second-order valence-electron chi connectivity index (χ2n) is 9.27. The van der Waals surface area contributed by atoms with Gasteiger partial charge in [-0.1, -0.05) is 62.5 Å². The Morgan fingerprint density at radius 2 is 1.92 bits per heavy atom. The number of ketones is 1. The fraction of sp³-hybridized carbons (Fsp3) is 0.522. The van der Waals surface area contributed by atoms with E-state index in [0.29, 0.717) is 10.5 Å². The van der Waals surface area contributed by atoms with E-state index in [1.54, 1.807) is 27.7 Å². The summed E-state index contributed by atoms with van der Waals surface area (Å²) in [7, 11) is 2.68.